The lowest BCUT2D eigenvalue weighted by molar-refractivity contribution is -0.138. The molecule has 0 aliphatic carbocycles. The molecule has 19 heavy (non-hydrogen) atoms. The molecule has 3 N–H and O–H groups in total. The molecule has 0 radical (unpaired) electrons. The van der Waals surface area contributed by atoms with Crippen LogP contribution in [-0.4, -0.2) is 28.1 Å². The number of carboxylic acids is 1. The van der Waals surface area contributed by atoms with Crippen molar-refractivity contribution in [1.29, 1.82) is 0 Å². The summed E-state index contributed by atoms with van der Waals surface area (Å²) in [6, 6.07) is 7.74. The van der Waals surface area contributed by atoms with Crippen molar-refractivity contribution in [3.63, 3.8) is 0 Å². The molecule has 6 heteroatoms. The molecule has 0 bridgehead atoms. The Bertz CT molecular complexity index is 627. The monoisotopic (exact) mass is 259 g/mol. The zero-order valence-corrected chi connectivity index (χ0v) is 10.3. The maximum atomic E-state index is 11.6. The highest BCUT2D eigenvalue weighted by atomic mass is 16.4. The van der Waals surface area contributed by atoms with Gasteiger partial charge in [-0.25, -0.2) is 4.79 Å². The van der Waals surface area contributed by atoms with E-state index in [-0.39, 0.29) is 0 Å². The van der Waals surface area contributed by atoms with Crippen LogP contribution in [0.3, 0.4) is 0 Å². The van der Waals surface area contributed by atoms with Crippen LogP contribution in [-0.2, 0) is 4.79 Å². The van der Waals surface area contributed by atoms with Crippen LogP contribution in [0, 0.1) is 0 Å². The van der Waals surface area contributed by atoms with Gasteiger partial charge in [-0.1, -0.05) is 18.2 Å². The number of carbonyl (C=O) groups is 2. The van der Waals surface area contributed by atoms with E-state index in [1.807, 2.05) is 24.3 Å². The first-order valence-corrected chi connectivity index (χ1v) is 5.71. The minimum absolute atomic E-state index is 0.508. The molecule has 1 atom stereocenters. The number of benzene rings is 1. The molecular weight excluding hydrogens is 246 g/mol. The lowest BCUT2D eigenvalue weighted by Crippen LogP contribution is -2.40. The van der Waals surface area contributed by atoms with Crippen LogP contribution in [0.25, 0.3) is 10.9 Å². The summed E-state index contributed by atoms with van der Waals surface area (Å²) in [6.45, 7) is 1.39. The molecule has 0 unspecified atom stereocenters. The number of carboxylic acid groups (broad SMARTS) is 1. The van der Waals surface area contributed by atoms with Crippen molar-refractivity contribution >= 4 is 28.6 Å². The van der Waals surface area contributed by atoms with E-state index in [1.54, 1.807) is 6.07 Å². The quantitative estimate of drug-likeness (QED) is 0.784. The van der Waals surface area contributed by atoms with Crippen LogP contribution in [0.1, 0.15) is 6.92 Å². The predicted molar refractivity (Wildman–Crippen MR) is 71.0 cm³/mol. The normalized spacial score (nSPS) is 11.8. The number of amides is 2. The average molecular weight is 259 g/mol. The van der Waals surface area contributed by atoms with Crippen LogP contribution in [0.4, 0.5) is 10.5 Å². The Morgan fingerprint density at radius 1 is 1.32 bits per heavy atom. The number of hydrogen-bond donors (Lipinski definition) is 3. The number of nitrogens with zero attached hydrogens (tertiary/aromatic N) is 1. The summed E-state index contributed by atoms with van der Waals surface area (Å²) in [5.41, 5.74) is 1.33. The number of urea groups is 1. The second-order valence-corrected chi connectivity index (χ2v) is 4.08. The number of nitrogens with one attached hydrogen (secondary N) is 2. The van der Waals surface area contributed by atoms with Gasteiger partial charge in [-0.05, 0) is 19.1 Å². The summed E-state index contributed by atoms with van der Waals surface area (Å²) < 4.78 is 0. The van der Waals surface area contributed by atoms with E-state index in [1.165, 1.54) is 13.1 Å². The van der Waals surface area contributed by atoms with Crippen LogP contribution in [0.15, 0.2) is 36.5 Å². The Morgan fingerprint density at radius 3 is 2.79 bits per heavy atom. The summed E-state index contributed by atoms with van der Waals surface area (Å²) >= 11 is 0. The third kappa shape index (κ3) is 3.19. The maximum absolute atomic E-state index is 11.6. The van der Waals surface area contributed by atoms with E-state index in [0.29, 0.717) is 5.69 Å². The summed E-state index contributed by atoms with van der Waals surface area (Å²) in [5, 5.41) is 14.4. The second-order valence-electron chi connectivity index (χ2n) is 4.08. The Labute approximate surface area is 109 Å². The van der Waals surface area contributed by atoms with E-state index >= 15 is 0 Å². The smallest absolute Gasteiger partial charge is 0.325 e. The number of aliphatic carboxylic acids is 1. The molecular formula is C13H13N3O3. The molecule has 0 aliphatic rings. The highest BCUT2D eigenvalue weighted by molar-refractivity contribution is 5.93. The molecule has 98 valence electrons. The average Bonchev–Trinajstić information content (AvgIpc) is 2.38. The van der Waals surface area contributed by atoms with Crippen molar-refractivity contribution in [2.24, 2.45) is 0 Å². The van der Waals surface area contributed by atoms with Gasteiger partial charge in [0, 0.05) is 5.39 Å². The number of hydrogen-bond acceptors (Lipinski definition) is 3. The molecule has 0 aliphatic heterocycles. The lowest BCUT2D eigenvalue weighted by atomic mass is 10.2. The molecule has 1 heterocycles. The number of anilines is 1. The maximum Gasteiger partial charge on any atom is 0.325 e. The molecule has 1 aromatic heterocycles. The van der Waals surface area contributed by atoms with Gasteiger partial charge in [0.1, 0.15) is 6.04 Å². The van der Waals surface area contributed by atoms with Crippen molar-refractivity contribution in [3.8, 4) is 0 Å². The Hall–Kier alpha value is -2.63. The van der Waals surface area contributed by atoms with E-state index in [0.717, 1.165) is 10.9 Å². The molecule has 6 nitrogen and oxygen atoms in total. The van der Waals surface area contributed by atoms with Crippen molar-refractivity contribution in [2.45, 2.75) is 13.0 Å². The number of para-hydroxylation sites is 1. The minimum Gasteiger partial charge on any atom is -0.480 e. The van der Waals surface area contributed by atoms with Crippen LogP contribution in [0.2, 0.25) is 0 Å². The molecule has 2 aromatic rings. The van der Waals surface area contributed by atoms with Crippen molar-refractivity contribution in [3.05, 3.63) is 36.5 Å². The number of carbonyl (C=O) groups excluding carboxylic acids is 1. The number of aromatic nitrogens is 1. The predicted octanol–water partition coefficient (Wildman–Crippen LogP) is 1.83. The molecule has 2 rings (SSSR count). The first-order chi connectivity index (χ1) is 9.06. The van der Waals surface area contributed by atoms with Crippen LogP contribution < -0.4 is 10.6 Å². The third-order valence-electron chi connectivity index (χ3n) is 2.57. The highest BCUT2D eigenvalue weighted by Crippen LogP contribution is 2.15. The Kier molecular flexibility index (Phi) is 3.61. The number of rotatable bonds is 3. The van der Waals surface area contributed by atoms with E-state index in [2.05, 4.69) is 15.6 Å². The van der Waals surface area contributed by atoms with E-state index < -0.39 is 18.0 Å². The molecule has 2 amide bonds. The zero-order valence-electron chi connectivity index (χ0n) is 10.3. The van der Waals surface area contributed by atoms with Crippen molar-refractivity contribution < 1.29 is 14.7 Å². The molecule has 0 saturated carbocycles. The molecule has 0 saturated heterocycles. The van der Waals surface area contributed by atoms with Gasteiger partial charge >= 0.3 is 12.0 Å². The zero-order chi connectivity index (χ0) is 13.8. The fraction of sp³-hybridized carbons (Fsp3) is 0.154. The van der Waals surface area contributed by atoms with Gasteiger partial charge in [-0.2, -0.15) is 0 Å². The summed E-state index contributed by atoms with van der Waals surface area (Å²) in [7, 11) is 0. The second kappa shape index (κ2) is 5.34. The van der Waals surface area contributed by atoms with Gasteiger partial charge in [-0.15, -0.1) is 0 Å². The largest absolute Gasteiger partial charge is 0.480 e. The molecule has 1 aromatic carbocycles. The summed E-state index contributed by atoms with van der Waals surface area (Å²) in [4.78, 5) is 26.3. The topological polar surface area (TPSA) is 91.3 Å². The number of fused-ring (bicyclic) bond motifs is 1. The Balaban J connectivity index is 2.09. The van der Waals surface area contributed by atoms with E-state index in [4.69, 9.17) is 5.11 Å². The van der Waals surface area contributed by atoms with Crippen LogP contribution >= 0.6 is 0 Å². The molecule has 0 fully saturated rings. The summed E-state index contributed by atoms with van der Waals surface area (Å²) in [6.07, 6.45) is 1.52. The third-order valence-corrected chi connectivity index (χ3v) is 2.57. The van der Waals surface area contributed by atoms with Gasteiger partial charge in [-0.3, -0.25) is 9.78 Å². The van der Waals surface area contributed by atoms with Gasteiger partial charge in [0.25, 0.3) is 0 Å². The first kappa shape index (κ1) is 12.8. The highest BCUT2D eigenvalue weighted by Gasteiger charge is 2.13. The van der Waals surface area contributed by atoms with Crippen molar-refractivity contribution in [1.82, 2.24) is 10.3 Å². The van der Waals surface area contributed by atoms with Gasteiger partial charge in [0.2, 0.25) is 0 Å². The van der Waals surface area contributed by atoms with Crippen molar-refractivity contribution in [2.75, 3.05) is 5.32 Å². The number of pyridine rings is 1. The minimum atomic E-state index is -1.09. The first-order valence-electron chi connectivity index (χ1n) is 5.71. The SMILES string of the molecule is C[C@H](NC(=O)Nc1cnc2ccccc2c1)C(=O)O. The van der Waals surface area contributed by atoms with Gasteiger partial charge in [0.15, 0.2) is 0 Å². The fourth-order valence-corrected chi connectivity index (χ4v) is 1.56. The van der Waals surface area contributed by atoms with E-state index in [9.17, 15) is 9.59 Å². The Morgan fingerprint density at radius 2 is 2.05 bits per heavy atom. The molecule has 0 spiro atoms. The standard InChI is InChI=1S/C13H13N3O3/c1-8(12(17)18)15-13(19)16-10-6-9-4-2-3-5-11(9)14-7-10/h2-8H,1H3,(H,17,18)(H2,15,16,19)/t8-/m0/s1. The van der Waals surface area contributed by atoms with Gasteiger partial charge < -0.3 is 15.7 Å². The van der Waals surface area contributed by atoms with Gasteiger partial charge in [0.05, 0.1) is 17.4 Å². The lowest BCUT2D eigenvalue weighted by Gasteiger charge is -2.10. The fourth-order valence-electron chi connectivity index (χ4n) is 1.56. The summed E-state index contributed by atoms with van der Waals surface area (Å²) in [5.74, 6) is -1.09. The van der Waals surface area contributed by atoms with Crippen LogP contribution in [0.5, 0.6) is 0 Å².